The van der Waals surface area contributed by atoms with E-state index in [1.807, 2.05) is 30.3 Å². The maximum atomic E-state index is 12.9. The minimum atomic E-state index is -0.622. The van der Waals surface area contributed by atoms with Crippen molar-refractivity contribution in [3.63, 3.8) is 0 Å². The van der Waals surface area contributed by atoms with Crippen LogP contribution in [0.3, 0.4) is 0 Å². The molecule has 160 valence electrons. The Morgan fingerprint density at radius 1 is 1.00 bits per heavy atom. The Bertz CT molecular complexity index is 1060. The smallest absolute Gasteiger partial charge is 0.341 e. The van der Waals surface area contributed by atoms with Gasteiger partial charge in [0.05, 0.1) is 13.0 Å². The number of benzene rings is 2. The molecule has 0 atom stereocenters. The van der Waals surface area contributed by atoms with Crippen LogP contribution in [0.25, 0.3) is 11.1 Å². The van der Waals surface area contributed by atoms with E-state index in [-0.39, 0.29) is 18.6 Å². The van der Waals surface area contributed by atoms with Crippen molar-refractivity contribution in [1.29, 1.82) is 0 Å². The van der Waals surface area contributed by atoms with Gasteiger partial charge >= 0.3 is 11.9 Å². The number of carbonyl (C=O) groups excluding carboxylic acids is 3. The summed E-state index contributed by atoms with van der Waals surface area (Å²) in [4.78, 5) is 36.8. The van der Waals surface area contributed by atoms with E-state index < -0.39 is 30.3 Å². The fraction of sp³-hybridized carbons (Fsp3) is 0.174. The van der Waals surface area contributed by atoms with Crippen LogP contribution < -0.4 is 5.32 Å². The molecule has 2 aromatic carbocycles. The number of halogens is 1. The topological polar surface area (TPSA) is 81.7 Å². The summed E-state index contributed by atoms with van der Waals surface area (Å²) in [6.45, 7) is 1.38. The molecule has 1 amide bonds. The molecule has 0 aliphatic heterocycles. The van der Waals surface area contributed by atoms with Crippen molar-refractivity contribution >= 4 is 34.2 Å². The van der Waals surface area contributed by atoms with Crippen molar-refractivity contribution in [3.05, 3.63) is 76.9 Å². The quantitative estimate of drug-likeness (QED) is 0.522. The number of nitrogens with one attached hydrogen (secondary N) is 1. The molecule has 3 rings (SSSR count). The van der Waals surface area contributed by atoms with Gasteiger partial charge in [0.15, 0.2) is 6.61 Å². The number of rotatable bonds is 8. The molecular weight excluding hydrogens is 421 g/mol. The first-order chi connectivity index (χ1) is 15.0. The zero-order valence-corrected chi connectivity index (χ0v) is 17.5. The maximum Gasteiger partial charge on any atom is 0.341 e. The highest BCUT2D eigenvalue weighted by Gasteiger charge is 2.23. The molecular formula is C23H20FNO5S. The predicted molar refractivity (Wildman–Crippen MR) is 115 cm³/mol. The van der Waals surface area contributed by atoms with Crippen molar-refractivity contribution in [2.45, 2.75) is 13.3 Å². The number of thiophene rings is 1. The van der Waals surface area contributed by atoms with Crippen LogP contribution >= 0.6 is 11.3 Å². The van der Waals surface area contributed by atoms with Gasteiger partial charge in [-0.25, -0.2) is 9.18 Å². The lowest BCUT2D eigenvalue weighted by molar-refractivity contribution is -0.146. The van der Waals surface area contributed by atoms with Crippen LogP contribution in [-0.2, 0) is 25.5 Å². The molecule has 0 unspecified atom stereocenters. The Balaban J connectivity index is 1.66. The summed E-state index contributed by atoms with van der Waals surface area (Å²) in [6.07, 6.45) is -0.0845. The van der Waals surface area contributed by atoms with Crippen molar-refractivity contribution in [3.8, 4) is 11.1 Å². The minimum Gasteiger partial charge on any atom is -0.462 e. The van der Waals surface area contributed by atoms with Crippen molar-refractivity contribution in [2.24, 2.45) is 0 Å². The summed E-state index contributed by atoms with van der Waals surface area (Å²) in [5.74, 6) is -2.16. The molecule has 1 N–H and O–H groups in total. The van der Waals surface area contributed by atoms with Gasteiger partial charge < -0.3 is 14.8 Å². The van der Waals surface area contributed by atoms with E-state index in [0.29, 0.717) is 16.1 Å². The van der Waals surface area contributed by atoms with Crippen LogP contribution in [0.1, 0.15) is 22.8 Å². The molecule has 31 heavy (non-hydrogen) atoms. The second-order valence-corrected chi connectivity index (χ2v) is 7.33. The molecule has 0 aliphatic carbocycles. The van der Waals surface area contributed by atoms with Gasteiger partial charge in [-0.2, -0.15) is 0 Å². The van der Waals surface area contributed by atoms with Gasteiger partial charge in [-0.1, -0.05) is 42.5 Å². The molecule has 0 spiro atoms. The molecule has 8 heteroatoms. The lowest BCUT2D eigenvalue weighted by Gasteiger charge is -2.09. The first kappa shape index (κ1) is 22.2. The first-order valence-corrected chi connectivity index (χ1v) is 10.4. The van der Waals surface area contributed by atoms with Gasteiger partial charge in [-0.15, -0.1) is 11.3 Å². The Morgan fingerprint density at radius 2 is 1.71 bits per heavy atom. The van der Waals surface area contributed by atoms with Crippen LogP contribution in [0, 0.1) is 5.82 Å². The standard InChI is InChI=1S/C23H20FNO5S/c1-2-29-23(28)21-18(16-6-4-3-5-7-16)14-31-22(21)25-19(26)13-30-20(27)12-15-8-10-17(24)11-9-15/h3-11,14H,2,12-13H2,1H3,(H,25,26). The zero-order chi connectivity index (χ0) is 22.2. The number of ether oxygens (including phenoxy) is 2. The Kier molecular flexibility index (Phi) is 7.50. The maximum absolute atomic E-state index is 12.9. The summed E-state index contributed by atoms with van der Waals surface area (Å²) >= 11 is 1.18. The van der Waals surface area contributed by atoms with E-state index in [1.165, 1.54) is 35.6 Å². The predicted octanol–water partition coefficient (Wildman–Crippen LogP) is 4.46. The van der Waals surface area contributed by atoms with Gasteiger partial charge in [0.2, 0.25) is 0 Å². The van der Waals surface area contributed by atoms with Crippen LogP contribution in [-0.4, -0.2) is 31.1 Å². The molecule has 0 saturated heterocycles. The third-order valence-electron chi connectivity index (χ3n) is 4.23. The van der Waals surface area contributed by atoms with E-state index in [0.717, 1.165) is 5.56 Å². The lowest BCUT2D eigenvalue weighted by atomic mass is 10.0. The zero-order valence-electron chi connectivity index (χ0n) is 16.7. The summed E-state index contributed by atoms with van der Waals surface area (Å²) in [6, 6.07) is 14.7. The van der Waals surface area contributed by atoms with Crippen LogP contribution in [0.4, 0.5) is 9.39 Å². The fourth-order valence-corrected chi connectivity index (χ4v) is 3.79. The summed E-state index contributed by atoms with van der Waals surface area (Å²) in [7, 11) is 0. The molecule has 0 saturated carbocycles. The van der Waals surface area contributed by atoms with E-state index in [4.69, 9.17) is 9.47 Å². The van der Waals surface area contributed by atoms with E-state index in [2.05, 4.69) is 5.32 Å². The Hall–Kier alpha value is -3.52. The molecule has 0 bridgehead atoms. The van der Waals surface area contributed by atoms with Gasteiger partial charge in [0.1, 0.15) is 16.4 Å². The number of carbonyl (C=O) groups is 3. The SMILES string of the molecule is CCOC(=O)c1c(-c2ccccc2)csc1NC(=O)COC(=O)Cc1ccc(F)cc1. The number of hydrogen-bond donors (Lipinski definition) is 1. The molecule has 0 radical (unpaired) electrons. The van der Waals surface area contributed by atoms with Gasteiger partial charge in [-0.3, -0.25) is 9.59 Å². The van der Waals surface area contributed by atoms with E-state index in [1.54, 1.807) is 12.3 Å². The van der Waals surface area contributed by atoms with E-state index in [9.17, 15) is 18.8 Å². The highest BCUT2D eigenvalue weighted by molar-refractivity contribution is 7.15. The third kappa shape index (κ3) is 5.99. The Labute approximate surface area is 182 Å². The number of hydrogen-bond acceptors (Lipinski definition) is 6. The number of esters is 2. The second kappa shape index (κ2) is 10.5. The van der Waals surface area contributed by atoms with Gasteiger partial charge in [0.25, 0.3) is 5.91 Å². The van der Waals surface area contributed by atoms with Crippen molar-refractivity contribution in [2.75, 3.05) is 18.5 Å². The largest absolute Gasteiger partial charge is 0.462 e. The molecule has 0 fully saturated rings. The molecule has 1 heterocycles. The molecule has 6 nitrogen and oxygen atoms in total. The van der Waals surface area contributed by atoms with Gasteiger partial charge in [-0.05, 0) is 30.2 Å². The number of anilines is 1. The van der Waals surface area contributed by atoms with Crippen molar-refractivity contribution < 1.29 is 28.2 Å². The summed E-state index contributed by atoms with van der Waals surface area (Å²) in [5.41, 5.74) is 2.28. The summed E-state index contributed by atoms with van der Waals surface area (Å²) in [5, 5.41) is 4.70. The first-order valence-electron chi connectivity index (χ1n) is 9.52. The normalized spacial score (nSPS) is 10.4. The molecule has 3 aromatic rings. The van der Waals surface area contributed by atoms with Crippen LogP contribution in [0.2, 0.25) is 0 Å². The highest BCUT2D eigenvalue weighted by atomic mass is 32.1. The molecule has 0 aliphatic rings. The van der Waals surface area contributed by atoms with E-state index >= 15 is 0 Å². The second-order valence-electron chi connectivity index (χ2n) is 6.45. The fourth-order valence-electron chi connectivity index (χ4n) is 2.81. The van der Waals surface area contributed by atoms with Crippen LogP contribution in [0.15, 0.2) is 60.0 Å². The number of amides is 1. The van der Waals surface area contributed by atoms with Gasteiger partial charge in [0, 0.05) is 10.9 Å². The minimum absolute atomic E-state index is 0.0845. The van der Waals surface area contributed by atoms with Crippen LogP contribution in [0.5, 0.6) is 0 Å². The average Bonchev–Trinajstić information content (AvgIpc) is 3.18. The average molecular weight is 441 g/mol. The highest BCUT2D eigenvalue weighted by Crippen LogP contribution is 2.36. The molecule has 1 aromatic heterocycles. The lowest BCUT2D eigenvalue weighted by Crippen LogP contribution is -2.22. The van der Waals surface area contributed by atoms with Crippen molar-refractivity contribution in [1.82, 2.24) is 0 Å². The Morgan fingerprint density at radius 3 is 2.39 bits per heavy atom. The monoisotopic (exact) mass is 441 g/mol. The third-order valence-corrected chi connectivity index (χ3v) is 5.13. The summed E-state index contributed by atoms with van der Waals surface area (Å²) < 4.78 is 23.1.